The molecule has 1 aliphatic carbocycles. The number of esters is 1. The van der Waals surface area contributed by atoms with Gasteiger partial charge in [0.15, 0.2) is 0 Å². The minimum absolute atomic E-state index is 0.0531. The highest BCUT2D eigenvalue weighted by molar-refractivity contribution is 5.83. The van der Waals surface area contributed by atoms with Crippen molar-refractivity contribution >= 4 is 16.9 Å². The molecule has 1 fully saturated rings. The topological polar surface area (TPSA) is 118 Å². The number of hydrogen-bond donors (Lipinski definition) is 2. The van der Waals surface area contributed by atoms with Gasteiger partial charge in [0.25, 0.3) is 0 Å². The first-order valence-electron chi connectivity index (χ1n) is 16.8. The first kappa shape index (κ1) is 39.2. The van der Waals surface area contributed by atoms with Gasteiger partial charge in [-0.25, -0.2) is 4.79 Å². The van der Waals surface area contributed by atoms with E-state index in [0.29, 0.717) is 12.0 Å². The maximum Gasteiger partial charge on any atom is 0.417 e. The van der Waals surface area contributed by atoms with Gasteiger partial charge in [-0.05, 0) is 96.6 Å². The Kier molecular flexibility index (Phi) is 11.1. The number of fused-ring (bicyclic) bond motifs is 1. The fourth-order valence-corrected chi connectivity index (χ4v) is 6.68. The van der Waals surface area contributed by atoms with Crippen LogP contribution in [0.25, 0.3) is 22.1 Å². The minimum Gasteiger partial charge on any atom is -0.489 e. The number of ether oxygens (including phenoxy) is 2. The summed E-state index contributed by atoms with van der Waals surface area (Å²) in [6.07, 6.45) is -9.79. The highest BCUT2D eigenvalue weighted by Gasteiger charge is 2.57. The number of carbonyl (C=O) groups is 1. The van der Waals surface area contributed by atoms with E-state index in [9.17, 15) is 35.9 Å². The molecular formula is C37H46F6N2O5. The maximum absolute atomic E-state index is 14.5. The molecule has 4 rings (SSSR count). The molecule has 4 unspecified atom stereocenters. The van der Waals surface area contributed by atoms with Crippen LogP contribution in [0.4, 0.5) is 26.3 Å². The molecule has 0 amide bonds. The van der Waals surface area contributed by atoms with Crippen LogP contribution >= 0.6 is 0 Å². The van der Waals surface area contributed by atoms with Crippen LogP contribution in [0.3, 0.4) is 0 Å². The SMILES string of the molecule is CCCCCc1ccc(-c2cc3ccc(OC4CCC(OC(=O)C(C)(CC(C)(C)N)C(C)(C)N)C4C(F)(F)F)cc3oc2=O)c(C(F)(F)F)c1. The van der Waals surface area contributed by atoms with E-state index >= 15 is 0 Å². The monoisotopic (exact) mass is 712 g/mol. The molecule has 0 bridgehead atoms. The van der Waals surface area contributed by atoms with Gasteiger partial charge >= 0.3 is 23.9 Å². The molecule has 0 aliphatic heterocycles. The number of hydrogen-bond acceptors (Lipinski definition) is 7. The number of aryl methyl sites for hydroxylation is 1. The average molecular weight is 713 g/mol. The van der Waals surface area contributed by atoms with Crippen molar-refractivity contribution in [2.24, 2.45) is 22.8 Å². The molecule has 2 aromatic carbocycles. The molecule has 4 N–H and O–H groups in total. The number of carbonyl (C=O) groups excluding carboxylic acids is 1. The second-order valence-electron chi connectivity index (χ2n) is 14.9. The van der Waals surface area contributed by atoms with Gasteiger partial charge in [0, 0.05) is 28.1 Å². The van der Waals surface area contributed by atoms with E-state index in [1.54, 1.807) is 33.8 Å². The Morgan fingerprint density at radius 3 is 2.12 bits per heavy atom. The summed E-state index contributed by atoms with van der Waals surface area (Å²) in [5, 5.41) is 0.240. The van der Waals surface area contributed by atoms with Gasteiger partial charge in [-0.1, -0.05) is 31.9 Å². The van der Waals surface area contributed by atoms with Crippen LogP contribution in [-0.2, 0) is 22.1 Å². The number of nitrogens with two attached hydrogens (primary N) is 2. The Labute approximate surface area is 287 Å². The molecule has 0 saturated heterocycles. The lowest BCUT2D eigenvalue weighted by molar-refractivity contribution is -0.219. The van der Waals surface area contributed by atoms with Crippen molar-refractivity contribution in [3.8, 4) is 16.9 Å². The van der Waals surface area contributed by atoms with Crippen molar-refractivity contribution in [1.29, 1.82) is 0 Å². The largest absolute Gasteiger partial charge is 0.489 e. The lowest BCUT2D eigenvalue weighted by Crippen LogP contribution is -2.59. The van der Waals surface area contributed by atoms with Gasteiger partial charge in [0.05, 0.1) is 16.5 Å². The number of halogens is 6. The molecular weight excluding hydrogens is 666 g/mol. The van der Waals surface area contributed by atoms with E-state index in [-0.39, 0.29) is 47.1 Å². The first-order valence-corrected chi connectivity index (χ1v) is 16.8. The van der Waals surface area contributed by atoms with Gasteiger partial charge in [-0.2, -0.15) is 26.3 Å². The number of benzene rings is 2. The van der Waals surface area contributed by atoms with Crippen molar-refractivity contribution in [2.45, 2.75) is 122 Å². The molecule has 1 saturated carbocycles. The Balaban J connectivity index is 1.61. The average Bonchev–Trinajstić information content (AvgIpc) is 3.37. The minimum atomic E-state index is -4.81. The van der Waals surface area contributed by atoms with E-state index in [1.165, 1.54) is 37.3 Å². The number of unbranched alkanes of at least 4 members (excludes halogenated alkanes) is 2. The lowest BCUT2D eigenvalue weighted by atomic mass is 9.67. The zero-order valence-electron chi connectivity index (χ0n) is 29.2. The molecule has 1 aliphatic rings. The molecule has 3 aromatic rings. The molecule has 0 spiro atoms. The Hall–Kier alpha value is -3.58. The molecule has 0 radical (unpaired) electrons. The third-order valence-electron chi connectivity index (χ3n) is 9.60. The maximum atomic E-state index is 14.5. The summed E-state index contributed by atoms with van der Waals surface area (Å²) in [5.74, 6) is -3.14. The third kappa shape index (κ3) is 8.82. The lowest BCUT2D eigenvalue weighted by Gasteiger charge is -2.43. The molecule has 1 heterocycles. The van der Waals surface area contributed by atoms with Crippen molar-refractivity contribution in [3.05, 3.63) is 64.0 Å². The second-order valence-corrected chi connectivity index (χ2v) is 14.9. The normalized spacial score (nSPS) is 20.2. The van der Waals surface area contributed by atoms with Gasteiger partial charge < -0.3 is 25.4 Å². The summed E-state index contributed by atoms with van der Waals surface area (Å²) in [7, 11) is 0. The highest BCUT2D eigenvalue weighted by Crippen LogP contribution is 2.46. The molecule has 13 heteroatoms. The fourth-order valence-electron chi connectivity index (χ4n) is 6.68. The van der Waals surface area contributed by atoms with E-state index < -0.39 is 64.1 Å². The summed E-state index contributed by atoms with van der Waals surface area (Å²) >= 11 is 0. The van der Waals surface area contributed by atoms with Crippen molar-refractivity contribution in [1.82, 2.24) is 0 Å². The predicted octanol–water partition coefficient (Wildman–Crippen LogP) is 8.71. The summed E-state index contributed by atoms with van der Waals surface area (Å²) in [6, 6.07) is 9.07. The van der Waals surface area contributed by atoms with Gasteiger partial charge in [-0.3, -0.25) is 4.79 Å². The van der Waals surface area contributed by atoms with Crippen LogP contribution in [0.1, 0.15) is 91.2 Å². The summed E-state index contributed by atoms with van der Waals surface area (Å²) < 4.78 is 103. The molecule has 50 heavy (non-hydrogen) atoms. The van der Waals surface area contributed by atoms with Gasteiger partial charge in [-0.15, -0.1) is 0 Å². The smallest absolute Gasteiger partial charge is 0.417 e. The standard InChI is InChI=1S/C37H46F6N2O5/c1-7-8-9-10-21-11-14-24(26(17-21)36(38,39)40)25-18-22-12-13-23(19-29(22)49-31(25)46)48-27-15-16-28(30(27)37(41,42)43)50-32(47)35(6,34(4,5)45)20-33(2,3)44/h11-14,17-19,27-28,30H,7-10,15-16,20,44-45H2,1-6H3. The van der Waals surface area contributed by atoms with Crippen molar-refractivity contribution in [2.75, 3.05) is 0 Å². The van der Waals surface area contributed by atoms with Crippen LogP contribution in [0.5, 0.6) is 5.75 Å². The molecule has 7 nitrogen and oxygen atoms in total. The third-order valence-corrected chi connectivity index (χ3v) is 9.60. The van der Waals surface area contributed by atoms with Crippen LogP contribution in [0, 0.1) is 11.3 Å². The molecule has 1 aromatic heterocycles. The first-order chi connectivity index (χ1) is 22.9. The van der Waals surface area contributed by atoms with Crippen molar-refractivity contribution < 1.29 is 45.0 Å². The van der Waals surface area contributed by atoms with E-state index in [1.807, 2.05) is 6.92 Å². The van der Waals surface area contributed by atoms with Crippen LogP contribution in [-0.4, -0.2) is 35.4 Å². The van der Waals surface area contributed by atoms with Gasteiger partial charge in [0.2, 0.25) is 0 Å². The summed E-state index contributed by atoms with van der Waals surface area (Å²) in [5.41, 5.74) is 6.78. The van der Waals surface area contributed by atoms with Crippen LogP contribution in [0.2, 0.25) is 0 Å². The zero-order chi connectivity index (χ0) is 37.4. The van der Waals surface area contributed by atoms with Crippen LogP contribution < -0.4 is 21.8 Å². The molecule has 276 valence electrons. The van der Waals surface area contributed by atoms with Crippen molar-refractivity contribution in [3.63, 3.8) is 0 Å². The Bertz CT molecular complexity index is 1740. The fraction of sp³-hybridized carbons (Fsp3) is 0.568. The van der Waals surface area contributed by atoms with Gasteiger partial charge in [0.1, 0.15) is 29.5 Å². The van der Waals surface area contributed by atoms with Crippen LogP contribution in [0.15, 0.2) is 51.7 Å². The summed E-state index contributed by atoms with van der Waals surface area (Å²) in [6.45, 7) is 10.1. The number of rotatable bonds is 12. The zero-order valence-corrected chi connectivity index (χ0v) is 29.2. The highest BCUT2D eigenvalue weighted by atomic mass is 19.4. The predicted molar refractivity (Wildman–Crippen MR) is 178 cm³/mol. The second kappa shape index (κ2) is 14.2. The number of alkyl halides is 6. The Morgan fingerprint density at radius 1 is 0.880 bits per heavy atom. The van der Waals surface area contributed by atoms with E-state index in [2.05, 4.69) is 0 Å². The Morgan fingerprint density at radius 2 is 1.54 bits per heavy atom. The van der Waals surface area contributed by atoms with E-state index in [4.69, 9.17) is 25.4 Å². The van der Waals surface area contributed by atoms with E-state index in [0.717, 1.165) is 25.3 Å². The molecule has 4 atom stereocenters. The quantitative estimate of drug-likeness (QED) is 0.0835. The summed E-state index contributed by atoms with van der Waals surface area (Å²) in [4.78, 5) is 26.5.